The van der Waals surface area contributed by atoms with Gasteiger partial charge >= 0.3 is 0 Å². The van der Waals surface area contributed by atoms with Gasteiger partial charge in [0.05, 0.1) is 12.1 Å². The van der Waals surface area contributed by atoms with Crippen molar-refractivity contribution in [1.82, 2.24) is 4.90 Å². The van der Waals surface area contributed by atoms with Crippen molar-refractivity contribution < 1.29 is 18.8 Å². The molecule has 32 heavy (non-hydrogen) atoms. The molecule has 1 aliphatic heterocycles. The van der Waals surface area contributed by atoms with Crippen molar-refractivity contribution in [3.8, 4) is 0 Å². The molecule has 0 N–H and O–H groups in total. The predicted molar refractivity (Wildman–Crippen MR) is 120 cm³/mol. The number of imide groups is 1. The Hall–Kier alpha value is -3.80. The molecule has 1 atom stereocenters. The van der Waals surface area contributed by atoms with E-state index in [1.807, 2.05) is 44.2 Å². The SMILES string of the molecule is Cc1ccc(CN(C(=O)c2cccc(C)c2)C2CC(=O)N(c3ccc(F)cc3)C2=O)cc1. The largest absolute Gasteiger partial charge is 0.322 e. The first-order valence-electron chi connectivity index (χ1n) is 10.4. The third-order valence-electron chi connectivity index (χ3n) is 5.58. The smallest absolute Gasteiger partial charge is 0.257 e. The lowest BCUT2D eigenvalue weighted by Crippen LogP contribution is -2.45. The highest BCUT2D eigenvalue weighted by atomic mass is 19.1. The summed E-state index contributed by atoms with van der Waals surface area (Å²) in [4.78, 5) is 42.1. The normalized spacial score (nSPS) is 15.8. The number of amides is 3. The number of aryl methyl sites for hydroxylation is 2. The molecular weight excluding hydrogens is 407 g/mol. The number of carbonyl (C=O) groups is 3. The monoisotopic (exact) mass is 430 g/mol. The van der Waals surface area contributed by atoms with E-state index in [-0.39, 0.29) is 18.9 Å². The van der Waals surface area contributed by atoms with E-state index in [2.05, 4.69) is 0 Å². The Bertz CT molecular complexity index is 1170. The van der Waals surface area contributed by atoms with Crippen molar-refractivity contribution in [2.75, 3.05) is 4.90 Å². The van der Waals surface area contributed by atoms with Crippen molar-refractivity contribution in [3.63, 3.8) is 0 Å². The Kier molecular flexibility index (Phi) is 5.86. The van der Waals surface area contributed by atoms with Crippen LogP contribution >= 0.6 is 0 Å². The van der Waals surface area contributed by atoms with Gasteiger partial charge in [-0.25, -0.2) is 9.29 Å². The lowest BCUT2D eigenvalue weighted by atomic mass is 10.1. The fourth-order valence-electron chi connectivity index (χ4n) is 3.88. The van der Waals surface area contributed by atoms with Gasteiger partial charge in [0.15, 0.2) is 0 Å². The van der Waals surface area contributed by atoms with Crippen LogP contribution in [0.5, 0.6) is 0 Å². The highest BCUT2D eigenvalue weighted by molar-refractivity contribution is 6.23. The Labute approximate surface area is 186 Å². The first-order chi connectivity index (χ1) is 15.3. The van der Waals surface area contributed by atoms with Gasteiger partial charge in [0.1, 0.15) is 11.9 Å². The van der Waals surface area contributed by atoms with Crippen LogP contribution in [0, 0.1) is 19.7 Å². The summed E-state index contributed by atoms with van der Waals surface area (Å²) in [5.74, 6) is -1.69. The number of rotatable bonds is 5. The molecule has 0 bridgehead atoms. The lowest BCUT2D eigenvalue weighted by Gasteiger charge is -2.28. The molecule has 1 heterocycles. The summed E-state index contributed by atoms with van der Waals surface area (Å²) in [6.45, 7) is 4.05. The second-order valence-electron chi connectivity index (χ2n) is 8.05. The second-order valence-corrected chi connectivity index (χ2v) is 8.05. The van der Waals surface area contributed by atoms with E-state index in [0.29, 0.717) is 11.3 Å². The van der Waals surface area contributed by atoms with Gasteiger partial charge in [0.25, 0.3) is 11.8 Å². The first-order valence-corrected chi connectivity index (χ1v) is 10.4. The summed E-state index contributed by atoms with van der Waals surface area (Å²) in [6, 6.07) is 19.1. The number of hydrogen-bond acceptors (Lipinski definition) is 3. The summed E-state index contributed by atoms with van der Waals surface area (Å²) in [6.07, 6.45) is -0.125. The second kappa shape index (κ2) is 8.75. The van der Waals surface area contributed by atoms with Crippen molar-refractivity contribution in [2.45, 2.75) is 32.9 Å². The number of carbonyl (C=O) groups excluding carboxylic acids is 3. The molecule has 1 aliphatic rings. The van der Waals surface area contributed by atoms with Gasteiger partial charge in [-0.2, -0.15) is 0 Å². The molecule has 4 rings (SSSR count). The molecule has 1 fully saturated rings. The molecule has 3 amide bonds. The van der Waals surface area contributed by atoms with Crippen LogP contribution in [0.3, 0.4) is 0 Å². The summed E-state index contributed by atoms with van der Waals surface area (Å²) < 4.78 is 13.3. The minimum Gasteiger partial charge on any atom is -0.322 e. The number of anilines is 1. The van der Waals surface area contributed by atoms with Crippen molar-refractivity contribution in [1.29, 1.82) is 0 Å². The Morgan fingerprint density at radius 2 is 1.66 bits per heavy atom. The predicted octanol–water partition coefficient (Wildman–Crippen LogP) is 4.42. The first kappa shape index (κ1) is 21.4. The topological polar surface area (TPSA) is 57.7 Å². The minimum atomic E-state index is -0.943. The Balaban J connectivity index is 1.69. The number of nitrogens with zero attached hydrogens (tertiary/aromatic N) is 2. The number of benzene rings is 3. The molecule has 0 aromatic heterocycles. The van der Waals surface area contributed by atoms with Crippen LogP contribution in [0.2, 0.25) is 0 Å². The van der Waals surface area contributed by atoms with Gasteiger partial charge in [0.2, 0.25) is 5.91 Å². The number of halogens is 1. The van der Waals surface area contributed by atoms with Crippen LogP contribution in [0.25, 0.3) is 0 Å². The van der Waals surface area contributed by atoms with E-state index in [0.717, 1.165) is 21.6 Å². The summed E-state index contributed by atoms with van der Waals surface area (Å²) in [5.41, 5.74) is 3.62. The molecule has 3 aromatic carbocycles. The summed E-state index contributed by atoms with van der Waals surface area (Å²) in [7, 11) is 0. The standard InChI is InChI=1S/C26H23FN2O3/c1-17-6-8-19(9-7-17)16-28(25(31)20-5-3-4-18(2)14-20)23-15-24(30)29(26(23)32)22-12-10-21(27)11-13-22/h3-14,23H,15-16H2,1-2H3. The zero-order valence-electron chi connectivity index (χ0n) is 17.9. The van der Waals surface area contributed by atoms with Gasteiger partial charge in [0, 0.05) is 12.1 Å². The molecule has 162 valence electrons. The van der Waals surface area contributed by atoms with Gasteiger partial charge in [-0.05, 0) is 55.8 Å². The van der Waals surface area contributed by atoms with E-state index in [4.69, 9.17) is 0 Å². The van der Waals surface area contributed by atoms with Gasteiger partial charge < -0.3 is 4.90 Å². The molecule has 0 saturated carbocycles. The molecule has 0 spiro atoms. The van der Waals surface area contributed by atoms with E-state index in [9.17, 15) is 18.8 Å². The fourth-order valence-corrected chi connectivity index (χ4v) is 3.88. The Morgan fingerprint density at radius 1 is 0.969 bits per heavy atom. The van der Waals surface area contributed by atoms with Gasteiger partial charge in [-0.3, -0.25) is 14.4 Å². The lowest BCUT2D eigenvalue weighted by molar-refractivity contribution is -0.122. The van der Waals surface area contributed by atoms with Crippen LogP contribution in [0.1, 0.15) is 33.5 Å². The van der Waals surface area contributed by atoms with E-state index < -0.39 is 23.7 Å². The molecule has 1 unspecified atom stereocenters. The van der Waals surface area contributed by atoms with E-state index in [1.165, 1.54) is 29.2 Å². The van der Waals surface area contributed by atoms with Gasteiger partial charge in [-0.15, -0.1) is 0 Å². The maximum atomic E-state index is 13.5. The zero-order valence-corrected chi connectivity index (χ0v) is 17.9. The molecule has 0 aliphatic carbocycles. The quantitative estimate of drug-likeness (QED) is 0.563. The minimum absolute atomic E-state index is 0.125. The maximum absolute atomic E-state index is 13.5. The third kappa shape index (κ3) is 4.30. The van der Waals surface area contributed by atoms with Crippen molar-refractivity contribution >= 4 is 23.4 Å². The van der Waals surface area contributed by atoms with E-state index >= 15 is 0 Å². The summed E-state index contributed by atoms with van der Waals surface area (Å²) >= 11 is 0. The molecule has 6 heteroatoms. The molecular formula is C26H23FN2O3. The molecule has 5 nitrogen and oxygen atoms in total. The maximum Gasteiger partial charge on any atom is 0.257 e. The molecule has 1 saturated heterocycles. The van der Waals surface area contributed by atoms with Crippen molar-refractivity contribution in [2.24, 2.45) is 0 Å². The fraction of sp³-hybridized carbons (Fsp3) is 0.192. The van der Waals surface area contributed by atoms with Crippen molar-refractivity contribution in [3.05, 3.63) is 101 Å². The summed E-state index contributed by atoms with van der Waals surface area (Å²) in [5, 5.41) is 0. The van der Waals surface area contributed by atoms with Gasteiger partial charge in [-0.1, -0.05) is 47.5 Å². The van der Waals surface area contributed by atoms with Crippen LogP contribution in [0.4, 0.5) is 10.1 Å². The Morgan fingerprint density at radius 3 is 2.31 bits per heavy atom. The molecule has 0 radical (unpaired) electrons. The molecule has 3 aromatic rings. The zero-order chi connectivity index (χ0) is 22.8. The van der Waals surface area contributed by atoms with Crippen LogP contribution in [0.15, 0.2) is 72.8 Å². The highest BCUT2D eigenvalue weighted by Gasteiger charge is 2.44. The number of hydrogen-bond donors (Lipinski definition) is 0. The highest BCUT2D eigenvalue weighted by Crippen LogP contribution is 2.28. The van der Waals surface area contributed by atoms with Crippen LogP contribution < -0.4 is 4.90 Å². The van der Waals surface area contributed by atoms with Crippen LogP contribution in [-0.2, 0) is 16.1 Å². The average Bonchev–Trinajstić information content (AvgIpc) is 3.07. The average molecular weight is 430 g/mol. The van der Waals surface area contributed by atoms with E-state index in [1.54, 1.807) is 18.2 Å². The third-order valence-corrected chi connectivity index (χ3v) is 5.58. The van der Waals surface area contributed by atoms with Crippen LogP contribution in [-0.4, -0.2) is 28.7 Å².